The second-order valence-electron chi connectivity index (χ2n) is 7.32. The number of rotatable bonds is 14. The van der Waals surface area contributed by atoms with E-state index >= 15 is 0 Å². The van der Waals surface area contributed by atoms with E-state index in [1.165, 1.54) is 6.08 Å². The minimum Gasteiger partial charge on any atom is -0.374 e. The van der Waals surface area contributed by atoms with Crippen LogP contribution in [-0.2, 0) is 18.1 Å². The number of hydrogen-bond acceptors (Lipinski definition) is 5. The summed E-state index contributed by atoms with van der Waals surface area (Å²) >= 11 is 0. The van der Waals surface area contributed by atoms with E-state index in [1.807, 2.05) is 63.2 Å². The molecule has 1 N–H and O–H groups in total. The molecule has 2 aromatic carbocycles. The third-order valence-electron chi connectivity index (χ3n) is 5.13. The number of benzene rings is 2. The summed E-state index contributed by atoms with van der Waals surface area (Å²) in [5.41, 5.74) is 3.01. The zero-order chi connectivity index (χ0) is 23.4. The van der Waals surface area contributed by atoms with Gasteiger partial charge in [0.15, 0.2) is 0 Å². The van der Waals surface area contributed by atoms with Crippen molar-refractivity contribution in [2.75, 3.05) is 36.6 Å². The first-order valence-corrected chi connectivity index (χ1v) is 13.1. The summed E-state index contributed by atoms with van der Waals surface area (Å²) in [6, 6.07) is 18.1. The Hall–Kier alpha value is -2.45. The molecule has 0 saturated carbocycles. The highest BCUT2D eigenvalue weighted by atomic mass is 28.4. The fourth-order valence-electron chi connectivity index (χ4n) is 3.59. The van der Waals surface area contributed by atoms with Crippen LogP contribution in [0.4, 0.5) is 17.1 Å². The highest BCUT2D eigenvalue weighted by Crippen LogP contribution is 2.32. The van der Waals surface area contributed by atoms with Crippen molar-refractivity contribution in [3.05, 3.63) is 67.3 Å². The summed E-state index contributed by atoms with van der Waals surface area (Å²) in [6.45, 7) is 14.1. The first-order chi connectivity index (χ1) is 15.5. The van der Waals surface area contributed by atoms with Gasteiger partial charge in [0.25, 0.3) is 0 Å². The van der Waals surface area contributed by atoms with Gasteiger partial charge >= 0.3 is 8.80 Å². The Kier molecular flexibility index (Phi) is 10.6. The molecule has 32 heavy (non-hydrogen) atoms. The van der Waals surface area contributed by atoms with Crippen LogP contribution in [0.5, 0.6) is 0 Å². The number of carbonyl (C=O) groups excluding carboxylic acids is 1. The lowest BCUT2D eigenvalue weighted by molar-refractivity contribution is -0.111. The maximum absolute atomic E-state index is 11.6. The van der Waals surface area contributed by atoms with Crippen LogP contribution in [0.25, 0.3) is 0 Å². The van der Waals surface area contributed by atoms with Crippen molar-refractivity contribution < 1.29 is 18.1 Å². The van der Waals surface area contributed by atoms with Crippen LogP contribution in [0.1, 0.15) is 34.1 Å². The summed E-state index contributed by atoms with van der Waals surface area (Å²) < 4.78 is 18.3. The molecule has 0 fully saturated rings. The van der Waals surface area contributed by atoms with Crippen molar-refractivity contribution in [3.8, 4) is 0 Å². The number of amides is 1. The van der Waals surface area contributed by atoms with Gasteiger partial charge in [-0.1, -0.05) is 31.7 Å². The normalized spacial score (nSPS) is 12.2. The Morgan fingerprint density at radius 1 is 0.969 bits per heavy atom. The van der Waals surface area contributed by atoms with Gasteiger partial charge in [0, 0.05) is 49.0 Å². The van der Waals surface area contributed by atoms with E-state index in [9.17, 15) is 4.79 Å². The van der Waals surface area contributed by atoms with Gasteiger partial charge in [0.05, 0.1) is 0 Å². The average Bonchev–Trinajstić information content (AvgIpc) is 2.81. The molecule has 0 heterocycles. The highest BCUT2D eigenvalue weighted by molar-refractivity contribution is 6.62. The molecule has 174 valence electrons. The standard InChI is InChI=1S/C25H36N2O4Si/c1-6-25(28)26-22-15-17-24(18-16-22)27(23-13-11-10-12-14-23)20-19-21(5)32(29-7-2,30-8-3)31-9-4/h6,10-18,21H,1,7-9,19-20H2,2-5H3,(H,26,28). The first kappa shape index (κ1) is 25.8. The zero-order valence-electron chi connectivity index (χ0n) is 19.7. The SMILES string of the molecule is C=CC(=O)Nc1ccc(N(CCC(C)[Si](OCC)(OCC)OCC)c2ccccc2)cc1. The van der Waals surface area contributed by atoms with Gasteiger partial charge in [-0.2, -0.15) is 0 Å². The molecule has 0 aromatic heterocycles. The fraction of sp³-hybridized carbons (Fsp3) is 0.400. The molecule has 2 rings (SSSR count). The summed E-state index contributed by atoms with van der Waals surface area (Å²) in [7, 11) is -2.78. The maximum Gasteiger partial charge on any atom is 0.503 e. The van der Waals surface area contributed by atoms with E-state index in [-0.39, 0.29) is 11.4 Å². The van der Waals surface area contributed by atoms with E-state index in [0.717, 1.165) is 30.0 Å². The predicted molar refractivity (Wildman–Crippen MR) is 133 cm³/mol. The molecule has 0 aliphatic rings. The van der Waals surface area contributed by atoms with Crippen LogP contribution in [0, 0.1) is 0 Å². The Balaban J connectivity index is 2.24. The summed E-state index contributed by atoms with van der Waals surface area (Å²) in [5.74, 6) is -0.226. The van der Waals surface area contributed by atoms with E-state index in [0.29, 0.717) is 19.8 Å². The minimum absolute atomic E-state index is 0.139. The molecule has 2 aromatic rings. The Bertz CT molecular complexity index is 813. The van der Waals surface area contributed by atoms with Crippen molar-refractivity contribution in [2.24, 2.45) is 0 Å². The van der Waals surface area contributed by atoms with Gasteiger partial charge in [0.1, 0.15) is 0 Å². The molecule has 0 spiro atoms. The molecule has 0 saturated heterocycles. The number of nitrogens with one attached hydrogen (secondary N) is 1. The lowest BCUT2D eigenvalue weighted by atomic mass is 10.2. The van der Waals surface area contributed by atoms with Crippen molar-refractivity contribution in [2.45, 2.75) is 39.7 Å². The molecule has 0 aliphatic carbocycles. The third-order valence-corrected chi connectivity index (χ3v) is 8.69. The highest BCUT2D eigenvalue weighted by Gasteiger charge is 2.46. The van der Waals surface area contributed by atoms with Crippen LogP contribution in [0.2, 0.25) is 5.54 Å². The minimum atomic E-state index is -2.78. The summed E-state index contributed by atoms with van der Waals surface area (Å²) in [5, 5.41) is 2.79. The molecular weight excluding hydrogens is 420 g/mol. The molecule has 1 amide bonds. The van der Waals surface area contributed by atoms with Gasteiger partial charge < -0.3 is 23.5 Å². The van der Waals surface area contributed by atoms with E-state index in [4.69, 9.17) is 13.3 Å². The van der Waals surface area contributed by atoms with Crippen LogP contribution in [0.3, 0.4) is 0 Å². The summed E-state index contributed by atoms with van der Waals surface area (Å²) in [4.78, 5) is 13.8. The van der Waals surface area contributed by atoms with Crippen molar-refractivity contribution in [3.63, 3.8) is 0 Å². The van der Waals surface area contributed by atoms with Crippen LogP contribution < -0.4 is 10.2 Å². The monoisotopic (exact) mass is 456 g/mol. The number of nitrogens with zero attached hydrogens (tertiary/aromatic N) is 1. The quantitative estimate of drug-likeness (QED) is 0.288. The Morgan fingerprint density at radius 3 is 2.00 bits per heavy atom. The van der Waals surface area contributed by atoms with E-state index < -0.39 is 8.80 Å². The number of carbonyl (C=O) groups is 1. The molecule has 1 atom stereocenters. The second-order valence-corrected chi connectivity index (χ2v) is 10.4. The smallest absolute Gasteiger partial charge is 0.374 e. The largest absolute Gasteiger partial charge is 0.503 e. The van der Waals surface area contributed by atoms with Gasteiger partial charge in [-0.25, -0.2) is 0 Å². The van der Waals surface area contributed by atoms with Crippen LogP contribution >= 0.6 is 0 Å². The van der Waals surface area contributed by atoms with Gasteiger partial charge in [-0.3, -0.25) is 4.79 Å². The fourth-order valence-corrected chi connectivity index (χ4v) is 6.38. The van der Waals surface area contributed by atoms with Crippen molar-refractivity contribution in [1.82, 2.24) is 0 Å². The first-order valence-electron chi connectivity index (χ1n) is 11.3. The second kappa shape index (κ2) is 13.2. The van der Waals surface area contributed by atoms with Crippen LogP contribution in [-0.4, -0.2) is 41.1 Å². The van der Waals surface area contributed by atoms with E-state index in [1.54, 1.807) is 0 Å². The zero-order valence-corrected chi connectivity index (χ0v) is 20.7. The molecule has 0 radical (unpaired) electrons. The molecule has 7 heteroatoms. The van der Waals surface area contributed by atoms with Gasteiger partial charge in [0.2, 0.25) is 5.91 Å². The molecule has 1 unspecified atom stereocenters. The molecule has 0 aliphatic heterocycles. The lowest BCUT2D eigenvalue weighted by Crippen LogP contribution is -2.50. The number of anilines is 3. The van der Waals surface area contributed by atoms with E-state index in [2.05, 4.69) is 35.9 Å². The molecule has 0 bridgehead atoms. The number of hydrogen-bond donors (Lipinski definition) is 1. The van der Waals surface area contributed by atoms with Gasteiger partial charge in [-0.05, 0) is 69.7 Å². The number of para-hydroxylation sites is 1. The topological polar surface area (TPSA) is 60.0 Å². The van der Waals surface area contributed by atoms with Crippen molar-refractivity contribution in [1.29, 1.82) is 0 Å². The van der Waals surface area contributed by atoms with Gasteiger partial charge in [-0.15, -0.1) is 0 Å². The third kappa shape index (κ3) is 7.03. The molecular formula is C25H36N2O4Si. The average molecular weight is 457 g/mol. The molecule has 6 nitrogen and oxygen atoms in total. The lowest BCUT2D eigenvalue weighted by Gasteiger charge is -2.35. The predicted octanol–water partition coefficient (Wildman–Crippen LogP) is 5.78. The Labute approximate surface area is 193 Å². The van der Waals surface area contributed by atoms with Crippen LogP contribution in [0.15, 0.2) is 67.3 Å². The van der Waals surface area contributed by atoms with Crippen molar-refractivity contribution >= 4 is 31.8 Å². The maximum atomic E-state index is 11.6. The Morgan fingerprint density at radius 2 is 1.50 bits per heavy atom. The summed E-state index contributed by atoms with van der Waals surface area (Å²) in [6.07, 6.45) is 2.10.